The van der Waals surface area contributed by atoms with E-state index in [1.807, 2.05) is 24.3 Å². The molecule has 0 aromatic heterocycles. The summed E-state index contributed by atoms with van der Waals surface area (Å²) in [5.74, 6) is -0.455. The SMILES string of the molecule is O=C(O)COc1ccc(-c2ccc3c(c2)C[C@@H](NC[C@H](O)c2cccc(Cl)c2)CC3)cc1. The molecular weight excluding hydrogens is 426 g/mol. The summed E-state index contributed by atoms with van der Waals surface area (Å²) in [5, 5.41) is 23.4. The molecule has 0 amide bonds. The molecule has 0 aliphatic heterocycles. The van der Waals surface area contributed by atoms with Crippen molar-refractivity contribution in [3.8, 4) is 16.9 Å². The van der Waals surface area contributed by atoms with Crippen LogP contribution in [0.1, 0.15) is 29.2 Å². The summed E-state index contributed by atoms with van der Waals surface area (Å²) in [6.07, 6.45) is 2.35. The standard InChI is InChI=1S/C26H26ClNO4/c27-22-3-1-2-20(13-22)25(29)15-28-23-9-6-18-4-5-19(12-21(18)14-23)17-7-10-24(11-8-17)32-16-26(30)31/h1-5,7-8,10-13,23,25,28-29H,6,9,14-16H2,(H,30,31)/t23-,25-/m0/s1. The van der Waals surface area contributed by atoms with Gasteiger partial charge in [0.2, 0.25) is 0 Å². The van der Waals surface area contributed by atoms with Crippen LogP contribution in [0.2, 0.25) is 5.02 Å². The van der Waals surface area contributed by atoms with E-state index >= 15 is 0 Å². The smallest absolute Gasteiger partial charge is 0.341 e. The average molecular weight is 452 g/mol. The number of hydrogen-bond donors (Lipinski definition) is 3. The molecule has 1 aliphatic rings. The molecule has 3 aromatic rings. The number of halogens is 1. The monoisotopic (exact) mass is 451 g/mol. The van der Waals surface area contributed by atoms with Gasteiger partial charge in [-0.2, -0.15) is 0 Å². The number of ether oxygens (including phenoxy) is 1. The maximum Gasteiger partial charge on any atom is 0.341 e. The number of fused-ring (bicyclic) bond motifs is 1. The van der Waals surface area contributed by atoms with Crippen molar-refractivity contribution in [3.05, 3.63) is 88.4 Å². The summed E-state index contributed by atoms with van der Waals surface area (Å²) in [7, 11) is 0. The number of aryl methyl sites for hydroxylation is 1. The highest BCUT2D eigenvalue weighted by molar-refractivity contribution is 6.30. The van der Waals surface area contributed by atoms with E-state index in [2.05, 4.69) is 23.5 Å². The highest BCUT2D eigenvalue weighted by atomic mass is 35.5. The van der Waals surface area contributed by atoms with Crippen LogP contribution < -0.4 is 10.1 Å². The predicted molar refractivity (Wildman–Crippen MR) is 125 cm³/mol. The topological polar surface area (TPSA) is 78.8 Å². The van der Waals surface area contributed by atoms with Crippen molar-refractivity contribution >= 4 is 17.6 Å². The van der Waals surface area contributed by atoms with Crippen LogP contribution in [0.4, 0.5) is 0 Å². The second kappa shape index (κ2) is 10.2. The second-order valence-electron chi connectivity index (χ2n) is 8.11. The molecule has 2 atom stereocenters. The van der Waals surface area contributed by atoms with Gasteiger partial charge < -0.3 is 20.3 Å². The Kier molecular flexibility index (Phi) is 7.10. The Morgan fingerprint density at radius 1 is 1.06 bits per heavy atom. The minimum absolute atomic E-state index is 0.304. The van der Waals surface area contributed by atoms with Gasteiger partial charge in [-0.25, -0.2) is 4.79 Å². The van der Waals surface area contributed by atoms with Gasteiger partial charge in [-0.05, 0) is 71.3 Å². The molecule has 0 unspecified atom stereocenters. The Labute approximate surface area is 192 Å². The molecular formula is C26H26ClNO4. The molecule has 166 valence electrons. The zero-order chi connectivity index (χ0) is 22.5. The van der Waals surface area contributed by atoms with Gasteiger partial charge >= 0.3 is 5.97 Å². The molecule has 0 heterocycles. The number of aliphatic hydroxyl groups excluding tert-OH is 1. The molecule has 0 radical (unpaired) electrons. The maximum atomic E-state index is 10.6. The van der Waals surface area contributed by atoms with E-state index in [4.69, 9.17) is 21.4 Å². The van der Waals surface area contributed by atoms with Crippen molar-refractivity contribution in [2.24, 2.45) is 0 Å². The number of nitrogens with one attached hydrogen (secondary N) is 1. The molecule has 3 N–H and O–H groups in total. The molecule has 0 fully saturated rings. The molecule has 0 spiro atoms. The van der Waals surface area contributed by atoms with Crippen molar-refractivity contribution in [2.75, 3.05) is 13.2 Å². The third-order valence-electron chi connectivity index (χ3n) is 5.82. The quantitative estimate of drug-likeness (QED) is 0.464. The predicted octanol–water partition coefficient (Wildman–Crippen LogP) is 4.65. The number of aliphatic carboxylic acids is 1. The van der Waals surface area contributed by atoms with Crippen LogP contribution in [-0.4, -0.2) is 35.4 Å². The van der Waals surface area contributed by atoms with Gasteiger partial charge in [0.05, 0.1) is 6.10 Å². The lowest BCUT2D eigenvalue weighted by Gasteiger charge is -2.27. The van der Waals surface area contributed by atoms with Crippen molar-refractivity contribution in [3.63, 3.8) is 0 Å². The number of carboxylic acids is 1. The first-order valence-electron chi connectivity index (χ1n) is 10.7. The first-order valence-corrected chi connectivity index (χ1v) is 11.1. The van der Waals surface area contributed by atoms with E-state index in [1.54, 1.807) is 24.3 Å². The number of aliphatic hydroxyl groups is 1. The zero-order valence-electron chi connectivity index (χ0n) is 17.6. The van der Waals surface area contributed by atoms with E-state index in [9.17, 15) is 9.90 Å². The fourth-order valence-corrected chi connectivity index (χ4v) is 4.31. The highest BCUT2D eigenvalue weighted by Crippen LogP contribution is 2.29. The van der Waals surface area contributed by atoms with Crippen molar-refractivity contribution in [2.45, 2.75) is 31.4 Å². The summed E-state index contributed by atoms with van der Waals surface area (Å²) in [6.45, 7) is 0.135. The average Bonchev–Trinajstić information content (AvgIpc) is 2.81. The lowest BCUT2D eigenvalue weighted by atomic mass is 9.86. The van der Waals surface area contributed by atoms with Crippen LogP contribution in [0.15, 0.2) is 66.7 Å². The van der Waals surface area contributed by atoms with Crippen molar-refractivity contribution < 1.29 is 19.7 Å². The first-order chi connectivity index (χ1) is 15.5. The Morgan fingerprint density at radius 2 is 1.84 bits per heavy atom. The van der Waals surface area contributed by atoms with Gasteiger partial charge in [-0.15, -0.1) is 0 Å². The lowest BCUT2D eigenvalue weighted by Crippen LogP contribution is -2.37. The Bertz CT molecular complexity index is 1080. The molecule has 32 heavy (non-hydrogen) atoms. The minimum Gasteiger partial charge on any atom is -0.482 e. The minimum atomic E-state index is -0.994. The van der Waals surface area contributed by atoms with E-state index < -0.39 is 12.1 Å². The molecule has 3 aromatic carbocycles. The van der Waals surface area contributed by atoms with Crippen LogP contribution in [0.3, 0.4) is 0 Å². The summed E-state index contributed by atoms with van der Waals surface area (Å²) in [5.41, 5.74) is 5.67. The number of hydrogen-bond acceptors (Lipinski definition) is 4. The summed E-state index contributed by atoms with van der Waals surface area (Å²) >= 11 is 6.03. The number of carboxylic acid groups (broad SMARTS) is 1. The van der Waals surface area contributed by atoms with Crippen LogP contribution >= 0.6 is 11.6 Å². The highest BCUT2D eigenvalue weighted by Gasteiger charge is 2.20. The van der Waals surface area contributed by atoms with Crippen LogP contribution in [0, 0.1) is 0 Å². The largest absolute Gasteiger partial charge is 0.482 e. The summed E-state index contributed by atoms with van der Waals surface area (Å²) < 4.78 is 5.21. The molecule has 1 aliphatic carbocycles. The number of rotatable bonds is 8. The molecule has 6 heteroatoms. The Balaban J connectivity index is 1.39. The van der Waals surface area contributed by atoms with Crippen molar-refractivity contribution in [1.29, 1.82) is 0 Å². The number of carbonyl (C=O) groups is 1. The summed E-state index contributed by atoms with van der Waals surface area (Å²) in [6, 6.07) is 21.7. The van der Waals surface area contributed by atoms with Crippen LogP contribution in [0.25, 0.3) is 11.1 Å². The molecule has 4 rings (SSSR count). The molecule has 0 bridgehead atoms. The lowest BCUT2D eigenvalue weighted by molar-refractivity contribution is -0.139. The van der Waals surface area contributed by atoms with Gasteiger partial charge in [-0.3, -0.25) is 0 Å². The van der Waals surface area contributed by atoms with Crippen LogP contribution in [-0.2, 0) is 17.6 Å². The Hall–Kier alpha value is -2.86. The molecule has 5 nitrogen and oxygen atoms in total. The van der Waals surface area contributed by atoms with Gasteiger partial charge in [0.15, 0.2) is 6.61 Å². The van der Waals surface area contributed by atoms with Crippen LogP contribution in [0.5, 0.6) is 5.75 Å². The van der Waals surface area contributed by atoms with Gasteiger partial charge in [0, 0.05) is 17.6 Å². The van der Waals surface area contributed by atoms with Gasteiger partial charge in [-0.1, -0.05) is 54.1 Å². The second-order valence-corrected chi connectivity index (χ2v) is 8.55. The normalized spacial score (nSPS) is 16.2. The van der Waals surface area contributed by atoms with E-state index in [0.29, 0.717) is 23.4 Å². The molecule has 0 saturated heterocycles. The summed E-state index contributed by atoms with van der Waals surface area (Å²) in [4.78, 5) is 10.6. The Morgan fingerprint density at radius 3 is 2.59 bits per heavy atom. The first kappa shape index (κ1) is 22.3. The van der Waals surface area contributed by atoms with Gasteiger partial charge in [0.25, 0.3) is 0 Å². The van der Waals surface area contributed by atoms with E-state index in [0.717, 1.165) is 36.0 Å². The third-order valence-corrected chi connectivity index (χ3v) is 6.05. The maximum absolute atomic E-state index is 10.6. The van der Waals surface area contributed by atoms with Gasteiger partial charge in [0.1, 0.15) is 5.75 Å². The van der Waals surface area contributed by atoms with E-state index in [-0.39, 0.29) is 6.61 Å². The fourth-order valence-electron chi connectivity index (χ4n) is 4.11. The zero-order valence-corrected chi connectivity index (χ0v) is 18.4. The third kappa shape index (κ3) is 5.68. The van der Waals surface area contributed by atoms with E-state index in [1.165, 1.54) is 11.1 Å². The number of benzene rings is 3. The fraction of sp³-hybridized carbons (Fsp3) is 0.269. The molecule has 0 saturated carbocycles. The van der Waals surface area contributed by atoms with Crippen molar-refractivity contribution in [1.82, 2.24) is 5.32 Å².